The first kappa shape index (κ1) is 19.9. The van der Waals surface area contributed by atoms with E-state index in [2.05, 4.69) is 32.1 Å². The van der Waals surface area contributed by atoms with Crippen LogP contribution in [0.5, 0.6) is 5.75 Å². The maximum Gasteiger partial charge on any atom is 0.270 e. The molecule has 0 saturated heterocycles. The van der Waals surface area contributed by atoms with E-state index in [4.69, 9.17) is 17.0 Å². The number of nitrogens with one attached hydrogen (secondary N) is 3. The molecule has 0 saturated carbocycles. The number of carbonyl (C=O) groups is 2. The maximum atomic E-state index is 12.2. The Morgan fingerprint density at radius 1 is 1.08 bits per heavy atom. The van der Waals surface area contributed by atoms with Crippen molar-refractivity contribution in [2.45, 2.75) is 13.3 Å². The van der Waals surface area contributed by atoms with Gasteiger partial charge in [-0.05, 0) is 64.9 Å². The van der Waals surface area contributed by atoms with E-state index in [-0.39, 0.29) is 11.0 Å². The molecule has 0 atom stereocenters. The summed E-state index contributed by atoms with van der Waals surface area (Å²) in [7, 11) is 0. The number of benzene rings is 2. The third-order valence-electron chi connectivity index (χ3n) is 3.20. The van der Waals surface area contributed by atoms with Crippen LogP contribution in [0.3, 0.4) is 0 Å². The molecule has 0 aromatic heterocycles. The fourth-order valence-electron chi connectivity index (χ4n) is 1.98. The number of hydrogen-bond donors (Lipinski definition) is 3. The Bertz CT molecular complexity index is 814. The third-order valence-corrected chi connectivity index (χ3v) is 4.10. The second-order valence-electron chi connectivity index (χ2n) is 5.22. The molecule has 3 N–H and O–H groups in total. The minimum absolute atomic E-state index is 0.0183. The van der Waals surface area contributed by atoms with Gasteiger partial charge in [-0.15, -0.1) is 0 Å². The Balaban J connectivity index is 1.88. The largest absolute Gasteiger partial charge is 0.494 e. The number of rotatable bonds is 5. The second-order valence-corrected chi connectivity index (χ2v) is 6.48. The number of ether oxygens (including phenoxy) is 1. The minimum Gasteiger partial charge on any atom is -0.494 e. The summed E-state index contributed by atoms with van der Waals surface area (Å²) in [5.41, 5.74) is 5.78. The van der Waals surface area contributed by atoms with Crippen molar-refractivity contribution in [1.29, 1.82) is 0 Å². The molecule has 2 amide bonds. The molecule has 0 radical (unpaired) electrons. The van der Waals surface area contributed by atoms with Crippen LogP contribution in [0, 0.1) is 0 Å². The predicted molar refractivity (Wildman–Crippen MR) is 107 cm³/mol. The molecule has 2 rings (SSSR count). The van der Waals surface area contributed by atoms with Crippen LogP contribution in [0.25, 0.3) is 0 Å². The smallest absolute Gasteiger partial charge is 0.270 e. The van der Waals surface area contributed by atoms with E-state index in [1.54, 1.807) is 48.5 Å². The highest BCUT2D eigenvalue weighted by Gasteiger charge is 2.11. The molecule has 0 aliphatic rings. The van der Waals surface area contributed by atoms with Gasteiger partial charge in [-0.25, -0.2) is 0 Å². The number of hydrazine groups is 1. The summed E-state index contributed by atoms with van der Waals surface area (Å²) in [6, 6.07) is 13.7. The van der Waals surface area contributed by atoms with Gasteiger partial charge in [-0.3, -0.25) is 25.8 Å². The van der Waals surface area contributed by atoms with E-state index in [0.717, 1.165) is 6.42 Å². The Kier molecular flexibility index (Phi) is 7.55. The molecule has 2 aromatic carbocycles. The molecule has 6 nitrogen and oxygen atoms in total. The minimum atomic E-state index is -0.403. The lowest BCUT2D eigenvalue weighted by Gasteiger charge is -2.12. The fourth-order valence-corrected chi connectivity index (χ4v) is 2.59. The molecule has 26 heavy (non-hydrogen) atoms. The molecular formula is C18H18BrN3O3S. The molecule has 136 valence electrons. The van der Waals surface area contributed by atoms with Crippen molar-refractivity contribution >= 4 is 45.1 Å². The van der Waals surface area contributed by atoms with Gasteiger partial charge >= 0.3 is 0 Å². The topological polar surface area (TPSA) is 79.5 Å². The monoisotopic (exact) mass is 435 g/mol. The van der Waals surface area contributed by atoms with Crippen molar-refractivity contribution < 1.29 is 14.3 Å². The Hall–Kier alpha value is -2.45. The van der Waals surface area contributed by atoms with Gasteiger partial charge in [0, 0.05) is 10.0 Å². The summed E-state index contributed by atoms with van der Waals surface area (Å²) >= 11 is 8.33. The molecular weight excluding hydrogens is 418 g/mol. The normalized spacial score (nSPS) is 9.92. The van der Waals surface area contributed by atoms with Gasteiger partial charge < -0.3 is 4.74 Å². The number of amides is 2. The van der Waals surface area contributed by atoms with Crippen LogP contribution in [0.1, 0.15) is 34.1 Å². The van der Waals surface area contributed by atoms with E-state index in [9.17, 15) is 9.59 Å². The van der Waals surface area contributed by atoms with E-state index >= 15 is 0 Å². The molecule has 2 aromatic rings. The average Bonchev–Trinajstić information content (AvgIpc) is 2.65. The predicted octanol–water partition coefficient (Wildman–Crippen LogP) is 3.19. The van der Waals surface area contributed by atoms with E-state index < -0.39 is 5.91 Å². The Morgan fingerprint density at radius 3 is 2.58 bits per heavy atom. The summed E-state index contributed by atoms with van der Waals surface area (Å²) < 4.78 is 6.15. The first-order valence-corrected chi connectivity index (χ1v) is 9.10. The zero-order valence-electron chi connectivity index (χ0n) is 14.0. The Morgan fingerprint density at radius 2 is 1.85 bits per heavy atom. The highest BCUT2D eigenvalue weighted by atomic mass is 79.9. The summed E-state index contributed by atoms with van der Waals surface area (Å²) in [6.07, 6.45) is 0.877. The lowest BCUT2D eigenvalue weighted by atomic mass is 10.2. The second kappa shape index (κ2) is 9.88. The van der Waals surface area contributed by atoms with Crippen LogP contribution in [-0.2, 0) is 0 Å². The lowest BCUT2D eigenvalue weighted by molar-refractivity contribution is 0.0934. The maximum absolute atomic E-state index is 12.2. The van der Waals surface area contributed by atoms with Gasteiger partial charge in [0.25, 0.3) is 11.8 Å². The molecule has 0 fully saturated rings. The molecule has 0 spiro atoms. The van der Waals surface area contributed by atoms with Crippen LogP contribution < -0.4 is 20.9 Å². The number of carbonyl (C=O) groups excluding carboxylic acids is 2. The quantitative estimate of drug-likeness (QED) is 0.496. The molecule has 0 bridgehead atoms. The summed E-state index contributed by atoms with van der Waals surface area (Å²) in [5.74, 6) is -0.177. The summed E-state index contributed by atoms with van der Waals surface area (Å²) in [4.78, 5) is 24.3. The van der Waals surface area contributed by atoms with Gasteiger partial charge in [0.15, 0.2) is 5.11 Å². The third kappa shape index (κ3) is 5.82. The SMILES string of the molecule is CCCOc1cccc(C(=O)NC(=S)NNC(=O)c2ccccc2Br)c1. The Labute approximate surface area is 165 Å². The zero-order valence-corrected chi connectivity index (χ0v) is 16.4. The van der Waals surface area contributed by atoms with Crippen molar-refractivity contribution in [2.24, 2.45) is 0 Å². The van der Waals surface area contributed by atoms with Crippen molar-refractivity contribution in [3.05, 3.63) is 64.1 Å². The number of thiocarbonyl (C=S) groups is 1. The molecule has 0 heterocycles. The standard InChI is InChI=1S/C18H18BrN3O3S/c1-2-10-25-13-7-5-6-12(11-13)16(23)20-18(26)22-21-17(24)14-8-3-4-9-15(14)19/h3-9,11H,2,10H2,1H3,(H,21,24)(H2,20,22,23,26). The van der Waals surface area contributed by atoms with E-state index in [1.165, 1.54) is 0 Å². The highest BCUT2D eigenvalue weighted by Crippen LogP contribution is 2.15. The first-order valence-electron chi connectivity index (χ1n) is 7.90. The van der Waals surface area contributed by atoms with Gasteiger partial charge in [-0.2, -0.15) is 0 Å². The molecule has 0 unspecified atom stereocenters. The van der Waals surface area contributed by atoms with Gasteiger partial charge in [0.1, 0.15) is 5.75 Å². The number of halogens is 1. The fraction of sp³-hybridized carbons (Fsp3) is 0.167. The van der Waals surface area contributed by atoms with Gasteiger partial charge in [0.2, 0.25) is 0 Å². The van der Waals surface area contributed by atoms with E-state index in [1.807, 2.05) is 6.92 Å². The van der Waals surface area contributed by atoms with Crippen LogP contribution in [-0.4, -0.2) is 23.5 Å². The highest BCUT2D eigenvalue weighted by molar-refractivity contribution is 9.10. The lowest BCUT2D eigenvalue weighted by Crippen LogP contribution is -2.48. The van der Waals surface area contributed by atoms with E-state index in [0.29, 0.717) is 28.0 Å². The molecule has 0 aliphatic heterocycles. The van der Waals surface area contributed by atoms with Crippen molar-refractivity contribution in [2.75, 3.05) is 6.61 Å². The molecule has 0 aliphatic carbocycles. The number of hydrogen-bond acceptors (Lipinski definition) is 4. The summed E-state index contributed by atoms with van der Waals surface area (Å²) in [6.45, 7) is 2.58. The van der Waals surface area contributed by atoms with Crippen LogP contribution in [0.4, 0.5) is 0 Å². The zero-order chi connectivity index (χ0) is 18.9. The van der Waals surface area contributed by atoms with Crippen LogP contribution >= 0.6 is 28.1 Å². The molecule has 8 heteroatoms. The average molecular weight is 436 g/mol. The van der Waals surface area contributed by atoms with Crippen molar-refractivity contribution in [3.63, 3.8) is 0 Å². The van der Waals surface area contributed by atoms with Crippen LogP contribution in [0.2, 0.25) is 0 Å². The van der Waals surface area contributed by atoms with Crippen LogP contribution in [0.15, 0.2) is 53.0 Å². The first-order chi connectivity index (χ1) is 12.5. The van der Waals surface area contributed by atoms with Crippen molar-refractivity contribution in [3.8, 4) is 5.75 Å². The van der Waals surface area contributed by atoms with Gasteiger partial charge in [0.05, 0.1) is 12.2 Å². The van der Waals surface area contributed by atoms with Gasteiger partial charge in [-0.1, -0.05) is 25.1 Å². The van der Waals surface area contributed by atoms with Crippen molar-refractivity contribution in [1.82, 2.24) is 16.2 Å². The summed E-state index contributed by atoms with van der Waals surface area (Å²) in [5, 5.41) is 2.48.